The summed E-state index contributed by atoms with van der Waals surface area (Å²) in [6.07, 6.45) is 0.181. The summed E-state index contributed by atoms with van der Waals surface area (Å²) in [5.74, 6) is -3.79. The van der Waals surface area contributed by atoms with Gasteiger partial charge in [-0.15, -0.1) is 0 Å². The quantitative estimate of drug-likeness (QED) is 0.601. The van der Waals surface area contributed by atoms with Crippen molar-refractivity contribution in [2.75, 3.05) is 7.11 Å². The second-order valence-electron chi connectivity index (χ2n) is 2.82. The number of benzene rings is 1. The third kappa shape index (κ3) is 2.12. The standard InChI is InChI=1S/C10H9FO4/c1-15-8-4-2-3-6(9(8)11)7(5-12)10(13)14/h2-5,7H,1H3,(H,13,14). The number of methoxy groups -OCH3 is 1. The first kappa shape index (κ1) is 11.2. The Balaban J connectivity index is 3.24. The van der Waals surface area contributed by atoms with Crippen molar-refractivity contribution < 1.29 is 23.8 Å². The van der Waals surface area contributed by atoms with E-state index in [9.17, 15) is 14.0 Å². The third-order valence-corrected chi connectivity index (χ3v) is 1.95. The number of carbonyl (C=O) groups excluding carboxylic acids is 1. The molecule has 1 unspecified atom stereocenters. The molecule has 0 heterocycles. The maximum Gasteiger partial charge on any atom is 0.318 e. The summed E-state index contributed by atoms with van der Waals surface area (Å²) in [7, 11) is 1.26. The molecule has 0 aliphatic heterocycles. The van der Waals surface area contributed by atoms with Crippen LogP contribution in [-0.2, 0) is 9.59 Å². The van der Waals surface area contributed by atoms with Gasteiger partial charge in [0.2, 0.25) is 0 Å². The summed E-state index contributed by atoms with van der Waals surface area (Å²) in [5.41, 5.74) is -0.197. The fraction of sp³-hybridized carbons (Fsp3) is 0.200. The van der Waals surface area contributed by atoms with E-state index in [1.54, 1.807) is 0 Å². The molecule has 0 fully saturated rings. The lowest BCUT2D eigenvalue weighted by Crippen LogP contribution is -2.14. The predicted molar refractivity (Wildman–Crippen MR) is 49.4 cm³/mol. The summed E-state index contributed by atoms with van der Waals surface area (Å²) >= 11 is 0. The average molecular weight is 212 g/mol. The molecule has 1 aromatic rings. The fourth-order valence-corrected chi connectivity index (χ4v) is 1.19. The molecule has 80 valence electrons. The monoisotopic (exact) mass is 212 g/mol. The summed E-state index contributed by atoms with van der Waals surface area (Å²) in [5, 5.41) is 8.68. The van der Waals surface area contributed by atoms with Crippen LogP contribution in [0.3, 0.4) is 0 Å². The Labute approximate surface area is 85.3 Å². The van der Waals surface area contributed by atoms with E-state index in [1.807, 2.05) is 0 Å². The molecular formula is C10H9FO4. The molecule has 1 aromatic carbocycles. The zero-order chi connectivity index (χ0) is 11.4. The topological polar surface area (TPSA) is 63.6 Å². The Kier molecular flexibility index (Phi) is 3.38. The highest BCUT2D eigenvalue weighted by molar-refractivity contribution is 5.93. The van der Waals surface area contributed by atoms with Crippen LogP contribution in [0.25, 0.3) is 0 Å². The van der Waals surface area contributed by atoms with Crippen LogP contribution in [-0.4, -0.2) is 24.5 Å². The Morgan fingerprint density at radius 1 is 1.60 bits per heavy atom. The van der Waals surface area contributed by atoms with Gasteiger partial charge < -0.3 is 14.6 Å². The Morgan fingerprint density at radius 3 is 2.73 bits per heavy atom. The predicted octanol–water partition coefficient (Wildman–Crippen LogP) is 1.20. The van der Waals surface area contributed by atoms with Crippen LogP contribution in [0.2, 0.25) is 0 Å². The lowest BCUT2D eigenvalue weighted by atomic mass is 10.00. The molecule has 1 rings (SSSR count). The van der Waals surface area contributed by atoms with Gasteiger partial charge in [-0.2, -0.15) is 0 Å². The van der Waals surface area contributed by atoms with E-state index in [2.05, 4.69) is 4.74 Å². The minimum absolute atomic E-state index is 0.0828. The molecule has 0 amide bonds. The molecule has 5 heteroatoms. The number of halogens is 1. The molecule has 0 aliphatic rings. The van der Waals surface area contributed by atoms with Gasteiger partial charge in [-0.1, -0.05) is 12.1 Å². The molecule has 0 radical (unpaired) electrons. The second kappa shape index (κ2) is 4.54. The van der Waals surface area contributed by atoms with E-state index in [-0.39, 0.29) is 17.6 Å². The highest BCUT2D eigenvalue weighted by Gasteiger charge is 2.24. The Hall–Kier alpha value is -1.91. The van der Waals surface area contributed by atoms with Gasteiger partial charge in [-0.25, -0.2) is 4.39 Å². The van der Waals surface area contributed by atoms with Crippen molar-refractivity contribution in [3.63, 3.8) is 0 Å². The summed E-state index contributed by atoms with van der Waals surface area (Å²) in [6, 6.07) is 4.02. The van der Waals surface area contributed by atoms with Crippen molar-refractivity contribution in [3.05, 3.63) is 29.6 Å². The number of carboxylic acids is 1. The Bertz CT molecular complexity index is 389. The first-order chi connectivity index (χ1) is 7.11. The molecule has 0 spiro atoms. The molecule has 15 heavy (non-hydrogen) atoms. The number of aliphatic carboxylic acids is 1. The number of aldehydes is 1. The van der Waals surface area contributed by atoms with E-state index in [1.165, 1.54) is 25.3 Å². The molecule has 0 saturated heterocycles. The van der Waals surface area contributed by atoms with Crippen molar-refractivity contribution in [2.24, 2.45) is 0 Å². The van der Waals surface area contributed by atoms with Gasteiger partial charge in [0.1, 0.15) is 12.2 Å². The molecule has 4 nitrogen and oxygen atoms in total. The maximum atomic E-state index is 13.5. The summed E-state index contributed by atoms with van der Waals surface area (Å²) in [6.45, 7) is 0. The highest BCUT2D eigenvalue weighted by Crippen LogP contribution is 2.25. The van der Waals surface area contributed by atoms with Gasteiger partial charge in [0, 0.05) is 5.56 Å². The zero-order valence-corrected chi connectivity index (χ0v) is 7.94. The van der Waals surface area contributed by atoms with Crippen molar-refractivity contribution >= 4 is 12.3 Å². The number of rotatable bonds is 4. The van der Waals surface area contributed by atoms with Crippen LogP contribution in [0.15, 0.2) is 18.2 Å². The van der Waals surface area contributed by atoms with Gasteiger partial charge >= 0.3 is 5.97 Å². The first-order valence-corrected chi connectivity index (χ1v) is 4.12. The minimum atomic E-state index is -1.50. The van der Waals surface area contributed by atoms with Gasteiger partial charge in [0.25, 0.3) is 0 Å². The number of carbonyl (C=O) groups is 2. The minimum Gasteiger partial charge on any atom is -0.494 e. The summed E-state index contributed by atoms with van der Waals surface area (Å²) < 4.78 is 18.2. The zero-order valence-electron chi connectivity index (χ0n) is 7.94. The second-order valence-corrected chi connectivity index (χ2v) is 2.82. The third-order valence-electron chi connectivity index (χ3n) is 1.95. The lowest BCUT2D eigenvalue weighted by Gasteiger charge is -2.09. The Morgan fingerprint density at radius 2 is 2.27 bits per heavy atom. The van der Waals surface area contributed by atoms with Gasteiger partial charge in [-0.3, -0.25) is 4.79 Å². The average Bonchev–Trinajstić information content (AvgIpc) is 2.21. The van der Waals surface area contributed by atoms with Crippen LogP contribution in [0.1, 0.15) is 11.5 Å². The van der Waals surface area contributed by atoms with E-state index < -0.39 is 17.7 Å². The first-order valence-electron chi connectivity index (χ1n) is 4.12. The van der Waals surface area contributed by atoms with Gasteiger partial charge in [0.15, 0.2) is 11.6 Å². The molecule has 1 atom stereocenters. The maximum absolute atomic E-state index is 13.5. The van der Waals surface area contributed by atoms with Crippen molar-refractivity contribution in [3.8, 4) is 5.75 Å². The summed E-state index contributed by atoms with van der Waals surface area (Å²) in [4.78, 5) is 21.2. The molecule has 0 bridgehead atoms. The molecule has 0 aromatic heterocycles. The lowest BCUT2D eigenvalue weighted by molar-refractivity contribution is -0.140. The van der Waals surface area contributed by atoms with E-state index in [4.69, 9.17) is 5.11 Å². The van der Waals surface area contributed by atoms with Crippen LogP contribution >= 0.6 is 0 Å². The van der Waals surface area contributed by atoms with Gasteiger partial charge in [0.05, 0.1) is 7.11 Å². The van der Waals surface area contributed by atoms with Crippen molar-refractivity contribution in [1.29, 1.82) is 0 Å². The number of carboxylic acid groups (broad SMARTS) is 1. The van der Waals surface area contributed by atoms with Crippen LogP contribution in [0.5, 0.6) is 5.75 Å². The van der Waals surface area contributed by atoms with Gasteiger partial charge in [-0.05, 0) is 6.07 Å². The number of hydrogen-bond donors (Lipinski definition) is 1. The van der Waals surface area contributed by atoms with E-state index >= 15 is 0 Å². The van der Waals surface area contributed by atoms with Crippen molar-refractivity contribution in [1.82, 2.24) is 0 Å². The van der Waals surface area contributed by atoms with E-state index in [0.717, 1.165) is 0 Å². The largest absolute Gasteiger partial charge is 0.494 e. The van der Waals surface area contributed by atoms with Crippen LogP contribution < -0.4 is 4.74 Å². The molecule has 1 N–H and O–H groups in total. The molecular weight excluding hydrogens is 203 g/mol. The van der Waals surface area contributed by atoms with Crippen molar-refractivity contribution in [2.45, 2.75) is 5.92 Å². The SMILES string of the molecule is COc1cccc(C(C=O)C(=O)O)c1F. The fourth-order valence-electron chi connectivity index (χ4n) is 1.19. The molecule has 0 saturated carbocycles. The van der Waals surface area contributed by atoms with Crippen LogP contribution in [0, 0.1) is 5.82 Å². The highest BCUT2D eigenvalue weighted by atomic mass is 19.1. The molecule has 0 aliphatic carbocycles. The van der Waals surface area contributed by atoms with Crippen LogP contribution in [0.4, 0.5) is 4.39 Å². The number of ether oxygens (including phenoxy) is 1. The smallest absolute Gasteiger partial charge is 0.318 e. The normalized spacial score (nSPS) is 11.9. The van der Waals surface area contributed by atoms with E-state index in [0.29, 0.717) is 0 Å². The number of hydrogen-bond acceptors (Lipinski definition) is 3.